The third kappa shape index (κ3) is 2.66. The number of thiophene rings is 1. The topological polar surface area (TPSA) is 78.7 Å². The monoisotopic (exact) mass is 275 g/mol. The van der Waals surface area contributed by atoms with Crippen LogP contribution >= 0.6 is 11.3 Å². The summed E-state index contributed by atoms with van der Waals surface area (Å²) in [6.45, 7) is 4.43. The van der Waals surface area contributed by atoms with Crippen molar-refractivity contribution in [2.45, 2.75) is 25.8 Å². The second kappa shape index (κ2) is 4.86. The zero-order chi connectivity index (χ0) is 14.0. The normalized spacial score (nSPS) is 11.2. The maximum Gasteiger partial charge on any atom is 0.328 e. The van der Waals surface area contributed by atoms with Gasteiger partial charge in [0.2, 0.25) is 0 Å². The second-order valence-electron chi connectivity index (χ2n) is 4.90. The molecule has 0 atom stereocenters. The van der Waals surface area contributed by atoms with Crippen molar-refractivity contribution in [1.29, 1.82) is 5.26 Å². The summed E-state index contributed by atoms with van der Waals surface area (Å²) in [6, 6.07) is 5.75. The van der Waals surface area contributed by atoms with Gasteiger partial charge in [-0.05, 0) is 11.4 Å². The minimum Gasteiger partial charge on any atom is -0.298 e. The number of rotatable bonds is 3. The van der Waals surface area contributed by atoms with Gasteiger partial charge in [0.15, 0.2) is 0 Å². The Morgan fingerprint density at radius 2 is 2.21 bits per heavy atom. The molecule has 0 amide bonds. The molecule has 0 spiro atoms. The van der Waals surface area contributed by atoms with Gasteiger partial charge < -0.3 is 0 Å². The van der Waals surface area contributed by atoms with Crippen LogP contribution in [0.4, 0.5) is 0 Å². The summed E-state index contributed by atoms with van der Waals surface area (Å²) in [4.78, 5) is 26.4. The zero-order valence-corrected chi connectivity index (χ0v) is 11.5. The van der Waals surface area contributed by atoms with Gasteiger partial charge in [-0.2, -0.15) is 5.26 Å². The van der Waals surface area contributed by atoms with Crippen molar-refractivity contribution >= 4 is 11.3 Å². The Bertz CT molecular complexity index is 732. The van der Waals surface area contributed by atoms with Crippen molar-refractivity contribution in [2.24, 2.45) is 0 Å². The van der Waals surface area contributed by atoms with E-state index >= 15 is 0 Å². The predicted octanol–water partition coefficient (Wildman–Crippen LogP) is 1.45. The Balaban J connectivity index is 2.42. The first-order chi connectivity index (χ1) is 8.94. The molecule has 2 heterocycles. The van der Waals surface area contributed by atoms with Crippen LogP contribution in [-0.4, -0.2) is 9.55 Å². The Morgan fingerprint density at radius 1 is 1.47 bits per heavy atom. The Kier molecular flexibility index (Phi) is 3.40. The van der Waals surface area contributed by atoms with Gasteiger partial charge in [-0.25, -0.2) is 4.79 Å². The van der Waals surface area contributed by atoms with Gasteiger partial charge in [0.1, 0.15) is 11.6 Å². The minimum atomic E-state index is -0.641. The summed E-state index contributed by atoms with van der Waals surface area (Å²) in [6.07, 6.45) is 1.32. The van der Waals surface area contributed by atoms with Crippen molar-refractivity contribution in [2.75, 3.05) is 0 Å². The highest BCUT2D eigenvalue weighted by atomic mass is 32.1. The number of aromatic amines is 1. The number of nitriles is 1. The van der Waals surface area contributed by atoms with Crippen LogP contribution in [0.25, 0.3) is 0 Å². The summed E-state index contributed by atoms with van der Waals surface area (Å²) in [5.41, 5.74) is -1.43. The maximum absolute atomic E-state index is 11.8. The van der Waals surface area contributed by atoms with E-state index in [-0.39, 0.29) is 11.0 Å². The fourth-order valence-electron chi connectivity index (χ4n) is 1.87. The molecule has 2 rings (SSSR count). The molecular weight excluding hydrogens is 262 g/mol. The fourth-order valence-corrected chi connectivity index (χ4v) is 2.72. The molecule has 2 aromatic heterocycles. The molecule has 2 aromatic rings. The largest absolute Gasteiger partial charge is 0.328 e. The second-order valence-corrected chi connectivity index (χ2v) is 5.85. The van der Waals surface area contributed by atoms with Crippen LogP contribution in [0, 0.1) is 11.3 Å². The van der Waals surface area contributed by atoms with E-state index in [2.05, 4.69) is 4.98 Å². The number of nitrogens with one attached hydrogen (secondary N) is 1. The molecule has 0 radical (unpaired) electrons. The molecule has 0 saturated heterocycles. The van der Waals surface area contributed by atoms with E-state index in [1.165, 1.54) is 10.8 Å². The van der Waals surface area contributed by atoms with Crippen molar-refractivity contribution in [3.63, 3.8) is 0 Å². The third-order valence-corrected chi connectivity index (χ3v) is 4.12. The zero-order valence-electron chi connectivity index (χ0n) is 10.6. The van der Waals surface area contributed by atoms with Crippen LogP contribution < -0.4 is 11.2 Å². The van der Waals surface area contributed by atoms with Crippen molar-refractivity contribution in [1.82, 2.24) is 9.55 Å². The highest BCUT2D eigenvalue weighted by molar-refractivity contribution is 7.10. The molecular formula is C13H13N3O2S. The molecule has 19 heavy (non-hydrogen) atoms. The summed E-state index contributed by atoms with van der Waals surface area (Å²) < 4.78 is 1.37. The first-order valence-corrected chi connectivity index (χ1v) is 6.60. The number of hydrogen-bond acceptors (Lipinski definition) is 4. The van der Waals surface area contributed by atoms with E-state index in [0.29, 0.717) is 6.54 Å². The fraction of sp³-hybridized carbons (Fsp3) is 0.308. The first-order valence-electron chi connectivity index (χ1n) is 5.72. The molecule has 0 aromatic carbocycles. The van der Waals surface area contributed by atoms with Gasteiger partial charge in [0, 0.05) is 23.0 Å². The summed E-state index contributed by atoms with van der Waals surface area (Å²) in [5, 5.41) is 10.8. The van der Waals surface area contributed by atoms with Crippen molar-refractivity contribution in [3.8, 4) is 6.07 Å². The van der Waals surface area contributed by atoms with Gasteiger partial charge in [-0.3, -0.25) is 14.3 Å². The Labute approximate surface area is 113 Å². The Morgan fingerprint density at radius 3 is 2.79 bits per heavy atom. The van der Waals surface area contributed by atoms with Crippen LogP contribution in [0.5, 0.6) is 0 Å². The molecule has 0 aliphatic heterocycles. The highest BCUT2D eigenvalue weighted by Crippen LogP contribution is 2.28. The smallest absolute Gasteiger partial charge is 0.298 e. The van der Waals surface area contributed by atoms with Crippen LogP contribution in [0.3, 0.4) is 0 Å². The SMILES string of the molecule is CC(C)(Cn1cc(C#N)c(=O)[nH]c1=O)c1cccs1. The molecule has 0 aliphatic carbocycles. The number of nitrogens with zero attached hydrogens (tertiary/aromatic N) is 2. The van der Waals surface area contributed by atoms with E-state index in [1.54, 1.807) is 17.4 Å². The standard InChI is InChI=1S/C13H13N3O2S/c1-13(2,10-4-3-5-19-10)8-16-7-9(6-14)11(17)15-12(16)18/h3-5,7H,8H2,1-2H3,(H,15,17,18). The van der Waals surface area contributed by atoms with Crippen LogP contribution in [0.1, 0.15) is 24.3 Å². The molecule has 0 unspecified atom stereocenters. The van der Waals surface area contributed by atoms with Gasteiger partial charge in [0.05, 0.1) is 0 Å². The molecule has 0 fully saturated rings. The molecule has 0 saturated carbocycles. The van der Waals surface area contributed by atoms with Gasteiger partial charge in [-0.1, -0.05) is 19.9 Å². The molecule has 5 nitrogen and oxygen atoms in total. The molecule has 1 N–H and O–H groups in total. The molecule has 0 aliphatic rings. The van der Waals surface area contributed by atoms with E-state index < -0.39 is 11.2 Å². The summed E-state index contributed by atoms with van der Waals surface area (Å²) >= 11 is 1.62. The summed E-state index contributed by atoms with van der Waals surface area (Å²) in [7, 11) is 0. The summed E-state index contributed by atoms with van der Waals surface area (Å²) in [5.74, 6) is 0. The maximum atomic E-state index is 11.8. The number of H-pyrrole nitrogens is 1. The van der Waals surface area contributed by atoms with Crippen LogP contribution in [0.2, 0.25) is 0 Å². The van der Waals surface area contributed by atoms with Crippen LogP contribution in [0.15, 0.2) is 33.3 Å². The number of hydrogen-bond donors (Lipinski definition) is 1. The molecule has 0 bridgehead atoms. The van der Waals surface area contributed by atoms with Gasteiger partial charge in [-0.15, -0.1) is 11.3 Å². The lowest BCUT2D eigenvalue weighted by molar-refractivity contribution is 0.428. The van der Waals surface area contributed by atoms with Crippen molar-refractivity contribution < 1.29 is 0 Å². The van der Waals surface area contributed by atoms with Crippen molar-refractivity contribution in [3.05, 3.63) is 55.0 Å². The van der Waals surface area contributed by atoms with Gasteiger partial charge >= 0.3 is 5.69 Å². The lowest BCUT2D eigenvalue weighted by atomic mass is 9.91. The predicted molar refractivity (Wildman–Crippen MR) is 73.4 cm³/mol. The molecule has 6 heteroatoms. The lowest BCUT2D eigenvalue weighted by Gasteiger charge is -2.24. The number of aromatic nitrogens is 2. The van der Waals surface area contributed by atoms with E-state index in [0.717, 1.165) is 4.88 Å². The van der Waals surface area contributed by atoms with E-state index in [4.69, 9.17) is 5.26 Å². The molecule has 98 valence electrons. The van der Waals surface area contributed by atoms with E-state index in [1.807, 2.05) is 31.4 Å². The first kappa shape index (κ1) is 13.3. The van der Waals surface area contributed by atoms with Gasteiger partial charge in [0.25, 0.3) is 5.56 Å². The average Bonchev–Trinajstić information content (AvgIpc) is 2.87. The third-order valence-electron chi connectivity index (χ3n) is 2.89. The minimum absolute atomic E-state index is 0.0541. The Hall–Kier alpha value is -2.13. The lowest BCUT2D eigenvalue weighted by Crippen LogP contribution is -2.36. The highest BCUT2D eigenvalue weighted by Gasteiger charge is 2.23. The van der Waals surface area contributed by atoms with Crippen LogP contribution in [-0.2, 0) is 12.0 Å². The quantitative estimate of drug-likeness (QED) is 0.920. The average molecular weight is 275 g/mol. The van der Waals surface area contributed by atoms with E-state index in [9.17, 15) is 9.59 Å².